The number of hydrogen-bond donors (Lipinski definition) is 0. The Kier molecular flexibility index (Phi) is 0.293. The molecule has 0 aromatic heterocycles. The maximum atomic E-state index is 2.42. The molecule has 1 fully saturated rings. The van der Waals surface area contributed by atoms with Crippen molar-refractivity contribution in [1.82, 2.24) is 0 Å². The van der Waals surface area contributed by atoms with E-state index >= 15 is 0 Å². The van der Waals surface area contributed by atoms with Gasteiger partial charge in [0, 0.05) is 5.41 Å². The lowest BCUT2D eigenvalue weighted by atomic mass is 9.78. The summed E-state index contributed by atoms with van der Waals surface area (Å²) < 4.78 is 0. The van der Waals surface area contributed by atoms with E-state index in [1.807, 2.05) is 11.1 Å². The molecule has 0 heteroatoms. The monoisotopic (exact) mass is 106 g/mol. The first-order valence-electron chi connectivity index (χ1n) is 3.49. The van der Waals surface area contributed by atoms with E-state index in [0.717, 1.165) is 17.3 Å². The summed E-state index contributed by atoms with van der Waals surface area (Å²) in [6, 6.07) is 0. The zero-order valence-corrected chi connectivity index (χ0v) is 5.36. The van der Waals surface area contributed by atoms with E-state index < -0.39 is 0 Å². The lowest BCUT2D eigenvalue weighted by Crippen LogP contribution is -2.16. The van der Waals surface area contributed by atoms with Gasteiger partial charge in [-0.15, -0.1) is 0 Å². The Morgan fingerprint density at radius 1 is 1.62 bits per heavy atom. The predicted molar refractivity (Wildman–Crippen MR) is 32.4 cm³/mol. The van der Waals surface area contributed by atoms with Gasteiger partial charge in [0.05, 0.1) is 0 Å². The van der Waals surface area contributed by atoms with Gasteiger partial charge in [0.2, 0.25) is 0 Å². The maximum Gasteiger partial charge on any atom is 0.00212 e. The van der Waals surface area contributed by atoms with Gasteiger partial charge in [-0.2, -0.15) is 0 Å². The second-order valence-corrected chi connectivity index (χ2v) is 3.70. The average molecular weight is 106 g/mol. The van der Waals surface area contributed by atoms with Crippen molar-refractivity contribution in [2.24, 2.45) is 17.3 Å². The fraction of sp³-hybridized carbons (Fsp3) is 0.750. The fourth-order valence-corrected chi connectivity index (χ4v) is 2.85. The highest BCUT2D eigenvalue weighted by Gasteiger charge is 2.75. The molecule has 3 aliphatic carbocycles. The normalized spacial score (nSPS) is 63.8. The number of fused-ring (bicyclic) bond motifs is 1. The van der Waals surface area contributed by atoms with Crippen molar-refractivity contribution in [3.8, 4) is 0 Å². The van der Waals surface area contributed by atoms with E-state index in [-0.39, 0.29) is 0 Å². The van der Waals surface area contributed by atoms with Crippen molar-refractivity contribution in [2.75, 3.05) is 0 Å². The molecule has 3 atom stereocenters. The van der Waals surface area contributed by atoms with Gasteiger partial charge in [-0.05, 0) is 18.3 Å². The highest BCUT2D eigenvalue weighted by molar-refractivity contribution is 5.63. The summed E-state index contributed by atoms with van der Waals surface area (Å²) in [4.78, 5) is 0. The Hall–Kier alpha value is -0.260. The molecule has 0 nitrogen and oxygen atoms in total. The van der Waals surface area contributed by atoms with Gasteiger partial charge in [-0.3, -0.25) is 0 Å². The molecule has 0 radical (unpaired) electrons. The minimum Gasteiger partial charge on any atom is -0.0657 e. The van der Waals surface area contributed by atoms with Crippen molar-refractivity contribution in [3.05, 3.63) is 11.1 Å². The Balaban J connectivity index is 2.28. The van der Waals surface area contributed by atoms with E-state index in [0.29, 0.717) is 0 Å². The molecule has 0 bridgehead atoms. The Bertz CT molecular complexity index is 212. The molecule has 0 amide bonds. The third kappa shape index (κ3) is 0.128. The summed E-state index contributed by atoms with van der Waals surface area (Å²) in [7, 11) is 0. The Morgan fingerprint density at radius 3 is 2.50 bits per heavy atom. The molecule has 0 aliphatic heterocycles. The Morgan fingerprint density at radius 2 is 2.38 bits per heavy atom. The number of rotatable bonds is 0. The molecular weight excluding hydrogens is 96.1 g/mol. The molecule has 0 spiro atoms. The van der Waals surface area contributed by atoms with Crippen molar-refractivity contribution in [3.63, 3.8) is 0 Å². The molecule has 0 saturated heterocycles. The summed E-state index contributed by atoms with van der Waals surface area (Å²) in [5.74, 6) is 2.05. The molecule has 1 saturated carbocycles. The van der Waals surface area contributed by atoms with Crippen LogP contribution in [0.15, 0.2) is 11.1 Å². The molecule has 0 N–H and O–H groups in total. The molecular formula is C8H10. The highest BCUT2D eigenvalue weighted by Crippen LogP contribution is 2.84. The lowest BCUT2D eigenvalue weighted by Gasteiger charge is -2.27. The smallest absolute Gasteiger partial charge is 0.00212 e. The van der Waals surface area contributed by atoms with Crippen LogP contribution in [0.3, 0.4) is 0 Å². The van der Waals surface area contributed by atoms with Crippen LogP contribution in [0.2, 0.25) is 0 Å². The first-order chi connectivity index (χ1) is 3.76. The molecule has 8 heavy (non-hydrogen) atoms. The largest absolute Gasteiger partial charge is 0.0657 e. The second kappa shape index (κ2) is 0.632. The quantitative estimate of drug-likeness (QED) is 0.414. The Labute approximate surface area is 49.6 Å². The van der Waals surface area contributed by atoms with Crippen LogP contribution in [0.1, 0.15) is 20.3 Å². The summed E-state index contributed by atoms with van der Waals surface area (Å²) in [6.07, 6.45) is 1.47. The highest BCUT2D eigenvalue weighted by atomic mass is 14.8. The van der Waals surface area contributed by atoms with Gasteiger partial charge in [-0.25, -0.2) is 0 Å². The SMILES string of the molecule is CC1C2=C3C(C2)C31C. The van der Waals surface area contributed by atoms with E-state index in [1.165, 1.54) is 6.42 Å². The zero-order valence-electron chi connectivity index (χ0n) is 5.36. The zero-order chi connectivity index (χ0) is 5.52. The van der Waals surface area contributed by atoms with Crippen molar-refractivity contribution in [1.29, 1.82) is 0 Å². The number of hydrogen-bond acceptors (Lipinski definition) is 0. The average Bonchev–Trinajstić information content (AvgIpc) is 1.80. The maximum absolute atomic E-state index is 2.42. The van der Waals surface area contributed by atoms with Gasteiger partial charge in [0.1, 0.15) is 0 Å². The molecule has 3 unspecified atom stereocenters. The predicted octanol–water partition coefficient (Wildman–Crippen LogP) is 1.97. The summed E-state index contributed by atoms with van der Waals surface area (Å²) in [6.45, 7) is 4.81. The van der Waals surface area contributed by atoms with Gasteiger partial charge in [-0.1, -0.05) is 25.0 Å². The standard InChI is InChI=1S/C8H10/c1-4-5-3-6-7(5)8(4,6)2/h4,6H,3H2,1-2H3. The van der Waals surface area contributed by atoms with E-state index in [1.54, 1.807) is 0 Å². The minimum atomic E-state index is 0.759. The van der Waals surface area contributed by atoms with E-state index in [2.05, 4.69) is 13.8 Å². The third-order valence-corrected chi connectivity index (χ3v) is 3.76. The molecule has 0 aromatic carbocycles. The van der Waals surface area contributed by atoms with Crippen LogP contribution < -0.4 is 0 Å². The van der Waals surface area contributed by atoms with Crippen LogP contribution in [-0.4, -0.2) is 0 Å². The topological polar surface area (TPSA) is 0 Å². The van der Waals surface area contributed by atoms with Gasteiger partial charge >= 0.3 is 0 Å². The van der Waals surface area contributed by atoms with Crippen LogP contribution in [0.25, 0.3) is 0 Å². The molecule has 42 valence electrons. The molecule has 3 aliphatic rings. The van der Waals surface area contributed by atoms with Crippen LogP contribution in [0.4, 0.5) is 0 Å². The fourth-order valence-electron chi connectivity index (χ4n) is 2.85. The van der Waals surface area contributed by atoms with Crippen molar-refractivity contribution in [2.45, 2.75) is 20.3 Å². The first-order valence-corrected chi connectivity index (χ1v) is 3.49. The summed E-state index contributed by atoms with van der Waals surface area (Å²) >= 11 is 0. The van der Waals surface area contributed by atoms with Gasteiger partial charge < -0.3 is 0 Å². The van der Waals surface area contributed by atoms with E-state index in [4.69, 9.17) is 0 Å². The lowest BCUT2D eigenvalue weighted by molar-refractivity contribution is 0.425. The van der Waals surface area contributed by atoms with Gasteiger partial charge in [0.15, 0.2) is 0 Å². The molecule has 3 rings (SSSR count). The number of allylic oxidation sites excluding steroid dienone is 2. The molecule has 0 aromatic rings. The van der Waals surface area contributed by atoms with Crippen LogP contribution in [0, 0.1) is 17.3 Å². The second-order valence-electron chi connectivity index (χ2n) is 3.70. The van der Waals surface area contributed by atoms with Crippen LogP contribution >= 0.6 is 0 Å². The van der Waals surface area contributed by atoms with Gasteiger partial charge in [0.25, 0.3) is 0 Å². The van der Waals surface area contributed by atoms with Crippen molar-refractivity contribution >= 4 is 0 Å². The van der Waals surface area contributed by atoms with Crippen LogP contribution in [-0.2, 0) is 0 Å². The van der Waals surface area contributed by atoms with E-state index in [9.17, 15) is 0 Å². The van der Waals surface area contributed by atoms with Crippen molar-refractivity contribution < 1.29 is 0 Å². The third-order valence-electron chi connectivity index (χ3n) is 3.76. The molecule has 0 heterocycles. The minimum absolute atomic E-state index is 0.759. The summed E-state index contributed by atoms with van der Waals surface area (Å²) in [5.41, 5.74) is 4.43. The first kappa shape index (κ1) is 3.71. The summed E-state index contributed by atoms with van der Waals surface area (Å²) in [5, 5.41) is 0. The van der Waals surface area contributed by atoms with Crippen LogP contribution in [0.5, 0.6) is 0 Å².